The number of carbonyl (C=O) groups is 1. The highest BCUT2D eigenvalue weighted by atomic mass is 79.9. The Labute approximate surface area is 139 Å². The minimum atomic E-state index is -0.0100. The summed E-state index contributed by atoms with van der Waals surface area (Å²) in [6.07, 6.45) is 0.823. The molecule has 5 heteroatoms. The number of hydrogen-bond donors (Lipinski definition) is 1. The third-order valence-electron chi connectivity index (χ3n) is 2.93. The van der Waals surface area contributed by atoms with E-state index in [-0.39, 0.29) is 11.9 Å². The summed E-state index contributed by atoms with van der Waals surface area (Å²) in [5.41, 5.74) is 2.32. The number of hydrogen-bond acceptors (Lipinski definition) is 2. The molecule has 2 rings (SSSR count). The second kappa shape index (κ2) is 7.38. The molecular formula is C15H15Br2NOS. The van der Waals surface area contributed by atoms with Crippen molar-refractivity contribution >= 4 is 49.1 Å². The van der Waals surface area contributed by atoms with E-state index in [1.54, 1.807) is 0 Å². The lowest BCUT2D eigenvalue weighted by Crippen LogP contribution is -2.37. The number of thiophene rings is 1. The number of aryl methyl sites for hydroxylation is 1. The van der Waals surface area contributed by atoms with Crippen LogP contribution in [0.25, 0.3) is 0 Å². The Bertz CT molecular complexity index is 563. The van der Waals surface area contributed by atoms with Crippen molar-refractivity contribution in [3.05, 3.63) is 56.2 Å². The van der Waals surface area contributed by atoms with Gasteiger partial charge in [0.05, 0.1) is 8.66 Å². The van der Waals surface area contributed by atoms with E-state index >= 15 is 0 Å². The lowest BCUT2D eigenvalue weighted by Gasteiger charge is -2.15. The largest absolute Gasteiger partial charge is 0.347 e. The first-order valence-corrected chi connectivity index (χ1v) is 9.00. The van der Waals surface area contributed by atoms with E-state index in [1.807, 2.05) is 31.2 Å². The number of amides is 1. The molecule has 1 atom stereocenters. The Kier molecular flexibility index (Phi) is 5.81. The zero-order chi connectivity index (χ0) is 14.5. The van der Waals surface area contributed by atoms with Gasteiger partial charge in [0, 0.05) is 11.4 Å². The van der Waals surface area contributed by atoms with Crippen LogP contribution in [0.4, 0.5) is 0 Å². The topological polar surface area (TPSA) is 29.1 Å². The van der Waals surface area contributed by atoms with Gasteiger partial charge >= 0.3 is 0 Å². The maximum absolute atomic E-state index is 12.2. The minimum absolute atomic E-state index is 0.0100. The SMILES string of the molecule is Cc1cc(C(=O)NC(CBr)Cc2ccccc2)sc1Br. The third-order valence-corrected chi connectivity index (χ3v) is 5.84. The number of nitrogens with one attached hydrogen (secondary N) is 1. The summed E-state index contributed by atoms with van der Waals surface area (Å²) in [7, 11) is 0. The van der Waals surface area contributed by atoms with Gasteiger partial charge in [0.15, 0.2) is 0 Å². The van der Waals surface area contributed by atoms with Crippen molar-refractivity contribution in [2.24, 2.45) is 0 Å². The van der Waals surface area contributed by atoms with Gasteiger partial charge in [-0.05, 0) is 46.5 Å². The monoisotopic (exact) mass is 415 g/mol. The summed E-state index contributed by atoms with van der Waals surface area (Å²) in [5.74, 6) is -0.0100. The van der Waals surface area contributed by atoms with Crippen LogP contribution < -0.4 is 5.32 Å². The fraction of sp³-hybridized carbons (Fsp3) is 0.267. The first-order chi connectivity index (χ1) is 9.60. The smallest absolute Gasteiger partial charge is 0.261 e. The molecule has 0 aliphatic carbocycles. The number of halogens is 2. The Morgan fingerprint density at radius 3 is 2.60 bits per heavy atom. The molecule has 1 heterocycles. The average Bonchev–Trinajstić information content (AvgIpc) is 2.79. The van der Waals surface area contributed by atoms with Crippen molar-refractivity contribution in [2.45, 2.75) is 19.4 Å². The van der Waals surface area contributed by atoms with Crippen LogP contribution in [0, 0.1) is 6.92 Å². The van der Waals surface area contributed by atoms with Gasteiger partial charge in [-0.1, -0.05) is 46.3 Å². The quantitative estimate of drug-likeness (QED) is 0.711. The van der Waals surface area contributed by atoms with Gasteiger partial charge in [0.1, 0.15) is 0 Å². The summed E-state index contributed by atoms with van der Waals surface area (Å²) in [5, 5.41) is 3.81. The lowest BCUT2D eigenvalue weighted by atomic mass is 10.1. The molecule has 20 heavy (non-hydrogen) atoms. The highest BCUT2D eigenvalue weighted by Gasteiger charge is 2.16. The molecule has 0 radical (unpaired) electrons. The normalized spacial score (nSPS) is 12.2. The van der Waals surface area contributed by atoms with Crippen LogP contribution in [-0.2, 0) is 6.42 Å². The lowest BCUT2D eigenvalue weighted by molar-refractivity contribution is 0.0945. The van der Waals surface area contributed by atoms with Gasteiger partial charge in [-0.25, -0.2) is 0 Å². The molecule has 1 aromatic heterocycles. The fourth-order valence-corrected chi connectivity index (χ4v) is 3.70. The van der Waals surface area contributed by atoms with Gasteiger partial charge in [0.2, 0.25) is 0 Å². The highest BCUT2D eigenvalue weighted by molar-refractivity contribution is 9.11. The van der Waals surface area contributed by atoms with Crippen LogP contribution >= 0.6 is 43.2 Å². The van der Waals surface area contributed by atoms with Crippen molar-refractivity contribution in [3.8, 4) is 0 Å². The minimum Gasteiger partial charge on any atom is -0.347 e. The summed E-state index contributed by atoms with van der Waals surface area (Å²) < 4.78 is 1.01. The predicted octanol–water partition coefficient (Wildman–Crippen LogP) is 4.56. The molecular weight excluding hydrogens is 402 g/mol. The van der Waals surface area contributed by atoms with Crippen molar-refractivity contribution in [1.29, 1.82) is 0 Å². The Balaban J connectivity index is 2.01. The molecule has 0 spiro atoms. The molecule has 106 valence electrons. The Morgan fingerprint density at radius 2 is 2.05 bits per heavy atom. The molecule has 0 aliphatic rings. The van der Waals surface area contributed by atoms with Crippen molar-refractivity contribution in [1.82, 2.24) is 5.32 Å². The van der Waals surface area contributed by atoms with E-state index in [4.69, 9.17) is 0 Å². The average molecular weight is 417 g/mol. The van der Waals surface area contributed by atoms with Crippen LogP contribution in [0.3, 0.4) is 0 Å². The summed E-state index contributed by atoms with van der Waals surface area (Å²) in [6, 6.07) is 12.2. The molecule has 1 N–H and O–H groups in total. The molecule has 2 aromatic rings. The second-order valence-corrected chi connectivity index (χ2v) is 7.60. The molecule has 0 bridgehead atoms. The molecule has 0 saturated heterocycles. The highest BCUT2D eigenvalue weighted by Crippen LogP contribution is 2.27. The zero-order valence-electron chi connectivity index (χ0n) is 11.0. The van der Waals surface area contributed by atoms with E-state index in [1.165, 1.54) is 16.9 Å². The zero-order valence-corrected chi connectivity index (χ0v) is 15.0. The van der Waals surface area contributed by atoms with Gasteiger partial charge in [0.25, 0.3) is 5.91 Å². The molecule has 1 amide bonds. The second-order valence-electron chi connectivity index (χ2n) is 4.58. The number of rotatable bonds is 5. The third kappa shape index (κ3) is 4.17. The summed E-state index contributed by atoms with van der Waals surface area (Å²) in [4.78, 5) is 13.0. The van der Waals surface area contributed by atoms with Crippen molar-refractivity contribution in [3.63, 3.8) is 0 Å². The van der Waals surface area contributed by atoms with E-state index in [0.29, 0.717) is 0 Å². The predicted molar refractivity (Wildman–Crippen MR) is 92.0 cm³/mol. The van der Waals surface area contributed by atoms with Crippen LogP contribution in [0.5, 0.6) is 0 Å². The van der Waals surface area contributed by atoms with Crippen LogP contribution in [0.15, 0.2) is 40.2 Å². The molecule has 0 aliphatic heterocycles. The van der Waals surface area contributed by atoms with E-state index in [0.717, 1.165) is 26.0 Å². The van der Waals surface area contributed by atoms with Crippen LogP contribution in [-0.4, -0.2) is 17.3 Å². The van der Waals surface area contributed by atoms with Gasteiger partial charge in [-0.2, -0.15) is 0 Å². The molecule has 0 fully saturated rings. The first-order valence-electron chi connectivity index (χ1n) is 6.27. The molecule has 0 saturated carbocycles. The first kappa shape index (κ1) is 15.7. The number of carbonyl (C=O) groups excluding carboxylic acids is 1. The maximum atomic E-state index is 12.2. The Morgan fingerprint density at radius 1 is 1.35 bits per heavy atom. The van der Waals surface area contributed by atoms with Gasteiger partial charge in [-0.15, -0.1) is 11.3 Å². The number of alkyl halides is 1. The van der Waals surface area contributed by atoms with Crippen LogP contribution in [0.2, 0.25) is 0 Å². The fourth-order valence-electron chi connectivity index (χ4n) is 1.87. The number of benzene rings is 1. The standard InChI is InChI=1S/C15H15Br2NOS/c1-10-7-13(20-14(10)17)15(19)18-12(9-16)8-11-5-3-2-4-6-11/h2-7,12H,8-9H2,1H3,(H,18,19). The van der Waals surface area contributed by atoms with Crippen LogP contribution in [0.1, 0.15) is 20.8 Å². The summed E-state index contributed by atoms with van der Waals surface area (Å²) in [6.45, 7) is 1.99. The Hall–Kier alpha value is -0.650. The van der Waals surface area contributed by atoms with Gasteiger partial charge in [-0.3, -0.25) is 4.79 Å². The molecule has 1 unspecified atom stereocenters. The maximum Gasteiger partial charge on any atom is 0.261 e. The van der Waals surface area contributed by atoms with Gasteiger partial charge < -0.3 is 5.32 Å². The molecule has 2 nitrogen and oxygen atoms in total. The van der Waals surface area contributed by atoms with Crippen molar-refractivity contribution < 1.29 is 4.79 Å². The van der Waals surface area contributed by atoms with E-state index in [9.17, 15) is 4.79 Å². The van der Waals surface area contributed by atoms with E-state index in [2.05, 4.69) is 49.3 Å². The van der Waals surface area contributed by atoms with Crippen molar-refractivity contribution in [2.75, 3.05) is 5.33 Å². The van der Waals surface area contributed by atoms with E-state index < -0.39 is 0 Å². The summed E-state index contributed by atoms with van der Waals surface area (Å²) >= 11 is 8.39. The molecule has 1 aromatic carbocycles.